The van der Waals surface area contributed by atoms with E-state index in [0.29, 0.717) is 5.92 Å². The van der Waals surface area contributed by atoms with E-state index in [-0.39, 0.29) is 23.0 Å². The Morgan fingerprint density at radius 2 is 2.20 bits per heavy atom. The molecule has 1 aliphatic rings. The first-order chi connectivity index (χ1) is 7.15. The van der Waals surface area contributed by atoms with Gasteiger partial charge in [-0.1, -0.05) is 13.0 Å². The molecule has 0 radical (unpaired) electrons. The molecule has 0 aromatic heterocycles. The second-order valence-corrected chi connectivity index (χ2v) is 4.01. The van der Waals surface area contributed by atoms with Gasteiger partial charge in [-0.25, -0.2) is 4.39 Å². The molecule has 0 spiro atoms. The van der Waals surface area contributed by atoms with Crippen LogP contribution in [0.5, 0.6) is 5.75 Å². The predicted octanol–water partition coefficient (Wildman–Crippen LogP) is 2.67. The quantitative estimate of drug-likeness (QED) is 0.714. The molecule has 0 amide bonds. The second kappa shape index (κ2) is 3.65. The maximum Gasteiger partial charge on any atom is 0.175 e. The molecule has 80 valence electrons. The van der Waals surface area contributed by atoms with Crippen molar-refractivity contribution in [1.29, 1.82) is 0 Å². The van der Waals surface area contributed by atoms with E-state index in [2.05, 4.69) is 0 Å². The molecule has 2 atom stereocenters. The molecule has 0 heterocycles. The van der Waals surface area contributed by atoms with Crippen LogP contribution < -0.4 is 4.74 Å². The summed E-state index contributed by atoms with van der Waals surface area (Å²) >= 11 is 0. The van der Waals surface area contributed by atoms with Crippen molar-refractivity contribution >= 4 is 5.78 Å². The highest BCUT2D eigenvalue weighted by Gasteiger charge is 2.40. The number of ketones is 1. The maximum absolute atomic E-state index is 13.7. The summed E-state index contributed by atoms with van der Waals surface area (Å²) in [6.07, 6.45) is 0.871. The highest BCUT2D eigenvalue weighted by atomic mass is 19.1. The summed E-state index contributed by atoms with van der Waals surface area (Å²) in [6.45, 7) is 2.00. The van der Waals surface area contributed by atoms with Gasteiger partial charge in [-0.05, 0) is 24.5 Å². The molecular formula is C12H13FO2. The van der Waals surface area contributed by atoms with Crippen LogP contribution >= 0.6 is 0 Å². The Kier molecular flexibility index (Phi) is 2.47. The van der Waals surface area contributed by atoms with E-state index in [1.807, 2.05) is 6.92 Å². The normalized spacial score (nSPS) is 23.7. The van der Waals surface area contributed by atoms with Crippen molar-refractivity contribution in [3.63, 3.8) is 0 Å². The average Bonchev–Trinajstić information content (AvgIpc) is 2.95. The van der Waals surface area contributed by atoms with Gasteiger partial charge in [0.15, 0.2) is 17.3 Å². The topological polar surface area (TPSA) is 26.3 Å². The van der Waals surface area contributed by atoms with Crippen LogP contribution in [-0.4, -0.2) is 12.9 Å². The summed E-state index contributed by atoms with van der Waals surface area (Å²) in [4.78, 5) is 11.8. The van der Waals surface area contributed by atoms with Gasteiger partial charge in [0.2, 0.25) is 0 Å². The fraction of sp³-hybridized carbons (Fsp3) is 0.417. The maximum atomic E-state index is 13.7. The summed E-state index contributed by atoms with van der Waals surface area (Å²) in [5.74, 6) is -0.105. The lowest BCUT2D eigenvalue weighted by atomic mass is 10.1. The highest BCUT2D eigenvalue weighted by Crippen LogP contribution is 2.41. The second-order valence-electron chi connectivity index (χ2n) is 4.01. The molecule has 1 aromatic carbocycles. The zero-order valence-electron chi connectivity index (χ0n) is 8.79. The number of rotatable bonds is 3. The van der Waals surface area contributed by atoms with Crippen LogP contribution in [0.2, 0.25) is 0 Å². The molecule has 1 aliphatic carbocycles. The van der Waals surface area contributed by atoms with Crippen molar-refractivity contribution < 1.29 is 13.9 Å². The van der Waals surface area contributed by atoms with Gasteiger partial charge in [0.25, 0.3) is 0 Å². The van der Waals surface area contributed by atoms with Crippen molar-refractivity contribution in [3.8, 4) is 5.75 Å². The zero-order chi connectivity index (χ0) is 11.0. The number of hydrogen-bond donors (Lipinski definition) is 0. The largest absolute Gasteiger partial charge is 0.494 e. The van der Waals surface area contributed by atoms with E-state index in [4.69, 9.17) is 4.74 Å². The summed E-state index contributed by atoms with van der Waals surface area (Å²) in [7, 11) is 1.40. The SMILES string of the molecule is COc1cccc(C(=O)C2CC2C)c1F. The van der Waals surface area contributed by atoms with E-state index in [1.165, 1.54) is 19.2 Å². The Balaban J connectivity index is 2.32. The lowest BCUT2D eigenvalue weighted by Gasteiger charge is -2.05. The Morgan fingerprint density at radius 3 is 2.73 bits per heavy atom. The highest BCUT2D eigenvalue weighted by molar-refractivity contribution is 6.00. The first-order valence-corrected chi connectivity index (χ1v) is 5.02. The third kappa shape index (κ3) is 1.74. The van der Waals surface area contributed by atoms with Gasteiger partial charge in [-0.15, -0.1) is 0 Å². The van der Waals surface area contributed by atoms with Gasteiger partial charge in [0.1, 0.15) is 0 Å². The molecule has 2 nitrogen and oxygen atoms in total. The van der Waals surface area contributed by atoms with Crippen molar-refractivity contribution in [1.82, 2.24) is 0 Å². The van der Waals surface area contributed by atoms with Crippen molar-refractivity contribution in [2.45, 2.75) is 13.3 Å². The number of hydrogen-bond acceptors (Lipinski definition) is 2. The van der Waals surface area contributed by atoms with E-state index in [0.717, 1.165) is 6.42 Å². The molecule has 3 heteroatoms. The molecule has 2 rings (SSSR count). The lowest BCUT2D eigenvalue weighted by Crippen LogP contribution is -2.06. The number of halogens is 1. The standard InChI is InChI=1S/C12H13FO2/c1-7-6-9(7)12(14)8-4-3-5-10(15-2)11(8)13/h3-5,7,9H,6H2,1-2H3. The third-order valence-electron chi connectivity index (χ3n) is 2.89. The molecule has 1 fully saturated rings. The number of benzene rings is 1. The van der Waals surface area contributed by atoms with Crippen molar-refractivity contribution in [2.75, 3.05) is 7.11 Å². The minimum atomic E-state index is -0.538. The van der Waals surface area contributed by atoms with E-state index in [1.54, 1.807) is 6.07 Å². The van der Waals surface area contributed by atoms with Gasteiger partial charge < -0.3 is 4.74 Å². The Hall–Kier alpha value is -1.38. The number of methoxy groups -OCH3 is 1. The van der Waals surface area contributed by atoms with Crippen LogP contribution in [0.25, 0.3) is 0 Å². The molecule has 0 N–H and O–H groups in total. The fourth-order valence-electron chi connectivity index (χ4n) is 1.75. The van der Waals surface area contributed by atoms with Crippen LogP contribution in [0.3, 0.4) is 0 Å². The lowest BCUT2D eigenvalue weighted by molar-refractivity contribution is 0.0957. The van der Waals surface area contributed by atoms with E-state index < -0.39 is 5.82 Å². The molecule has 15 heavy (non-hydrogen) atoms. The number of carbonyl (C=O) groups is 1. The summed E-state index contributed by atoms with van der Waals surface area (Å²) in [6, 6.07) is 4.68. The molecular weight excluding hydrogens is 195 g/mol. The Morgan fingerprint density at radius 1 is 1.53 bits per heavy atom. The monoisotopic (exact) mass is 208 g/mol. The molecule has 0 aliphatic heterocycles. The van der Waals surface area contributed by atoms with Gasteiger partial charge >= 0.3 is 0 Å². The molecule has 2 unspecified atom stereocenters. The first-order valence-electron chi connectivity index (χ1n) is 5.02. The Bertz CT molecular complexity index is 401. The van der Waals surface area contributed by atoms with Crippen LogP contribution in [0.1, 0.15) is 23.7 Å². The van der Waals surface area contributed by atoms with Crippen molar-refractivity contribution in [2.24, 2.45) is 11.8 Å². The number of ether oxygens (including phenoxy) is 1. The molecule has 0 bridgehead atoms. The van der Waals surface area contributed by atoms with Gasteiger partial charge in [0.05, 0.1) is 12.7 Å². The van der Waals surface area contributed by atoms with E-state index >= 15 is 0 Å². The van der Waals surface area contributed by atoms with E-state index in [9.17, 15) is 9.18 Å². The minimum Gasteiger partial charge on any atom is -0.494 e. The average molecular weight is 208 g/mol. The summed E-state index contributed by atoms with van der Waals surface area (Å²) < 4.78 is 18.5. The molecule has 1 aromatic rings. The number of carbonyl (C=O) groups excluding carboxylic acids is 1. The van der Waals surface area contributed by atoms with Crippen LogP contribution in [0.15, 0.2) is 18.2 Å². The fourth-order valence-corrected chi connectivity index (χ4v) is 1.75. The Labute approximate surface area is 88.1 Å². The predicted molar refractivity (Wildman–Crippen MR) is 54.6 cm³/mol. The first kappa shape index (κ1) is 10.1. The van der Waals surface area contributed by atoms with Crippen LogP contribution in [0, 0.1) is 17.7 Å². The smallest absolute Gasteiger partial charge is 0.175 e. The molecule has 0 saturated heterocycles. The number of Topliss-reactive ketones (excluding diaryl/α,β-unsaturated/α-hetero) is 1. The van der Waals surface area contributed by atoms with Gasteiger partial charge in [0, 0.05) is 5.92 Å². The summed E-state index contributed by atoms with van der Waals surface area (Å²) in [5.41, 5.74) is 0.156. The van der Waals surface area contributed by atoms with Gasteiger partial charge in [-0.2, -0.15) is 0 Å². The third-order valence-corrected chi connectivity index (χ3v) is 2.89. The van der Waals surface area contributed by atoms with Crippen LogP contribution in [-0.2, 0) is 0 Å². The zero-order valence-corrected chi connectivity index (χ0v) is 8.79. The van der Waals surface area contributed by atoms with Gasteiger partial charge in [-0.3, -0.25) is 4.79 Å². The van der Waals surface area contributed by atoms with Crippen molar-refractivity contribution in [3.05, 3.63) is 29.6 Å². The summed E-state index contributed by atoms with van der Waals surface area (Å²) in [5, 5.41) is 0. The minimum absolute atomic E-state index is 0.00612. The molecule has 1 saturated carbocycles. The van der Waals surface area contributed by atoms with Crippen LogP contribution in [0.4, 0.5) is 4.39 Å².